The number of thioether (sulfide) groups is 1. The number of hydrogen-bond donors (Lipinski definition) is 1. The molecule has 1 fully saturated rings. The second-order valence-electron chi connectivity index (χ2n) is 6.65. The van der Waals surface area contributed by atoms with Gasteiger partial charge < -0.3 is 15.1 Å². The van der Waals surface area contributed by atoms with Gasteiger partial charge in [-0.25, -0.2) is 9.98 Å². The summed E-state index contributed by atoms with van der Waals surface area (Å²) in [6.07, 6.45) is 0. The Balaban J connectivity index is 2.09. The Morgan fingerprint density at radius 2 is 2.25 bits per heavy atom. The number of aromatic nitrogens is 1. The zero-order chi connectivity index (χ0) is 17.5. The molecule has 1 atom stereocenters. The van der Waals surface area contributed by atoms with E-state index in [0.29, 0.717) is 17.7 Å². The highest BCUT2D eigenvalue weighted by Crippen LogP contribution is 2.25. The summed E-state index contributed by atoms with van der Waals surface area (Å²) in [6.45, 7) is 10.4. The Labute approximate surface area is 150 Å². The van der Waals surface area contributed by atoms with Gasteiger partial charge in [0.05, 0.1) is 12.2 Å². The van der Waals surface area contributed by atoms with Gasteiger partial charge in [-0.3, -0.25) is 0 Å². The quantitative estimate of drug-likeness (QED) is 0.654. The van der Waals surface area contributed by atoms with E-state index in [1.165, 1.54) is 5.75 Å². The van der Waals surface area contributed by atoms with Crippen molar-refractivity contribution in [1.29, 1.82) is 0 Å². The maximum absolute atomic E-state index is 4.84. The molecule has 2 heterocycles. The van der Waals surface area contributed by atoms with Crippen LogP contribution in [-0.4, -0.2) is 60.6 Å². The number of pyridine rings is 1. The molecule has 1 aliphatic heterocycles. The smallest absolute Gasteiger partial charge is 0.194 e. The predicted octanol–water partition coefficient (Wildman–Crippen LogP) is 2.69. The molecule has 24 heavy (non-hydrogen) atoms. The van der Waals surface area contributed by atoms with Crippen LogP contribution in [0.3, 0.4) is 0 Å². The van der Waals surface area contributed by atoms with Crippen molar-refractivity contribution in [2.24, 2.45) is 10.9 Å². The first-order chi connectivity index (χ1) is 11.5. The van der Waals surface area contributed by atoms with E-state index in [0.717, 1.165) is 37.1 Å². The molecule has 0 spiro atoms. The third kappa shape index (κ3) is 5.30. The maximum Gasteiger partial charge on any atom is 0.194 e. The van der Waals surface area contributed by atoms with E-state index in [2.05, 4.69) is 47.7 Å². The fourth-order valence-electron chi connectivity index (χ4n) is 2.66. The Kier molecular flexibility index (Phi) is 7.21. The van der Waals surface area contributed by atoms with Crippen molar-refractivity contribution in [3.8, 4) is 0 Å². The fraction of sp³-hybridized carbons (Fsp3) is 0.667. The molecule has 1 aliphatic rings. The fourth-order valence-corrected chi connectivity index (χ4v) is 3.96. The Morgan fingerprint density at radius 3 is 2.92 bits per heavy atom. The highest BCUT2D eigenvalue weighted by Gasteiger charge is 2.24. The first-order valence-electron chi connectivity index (χ1n) is 8.79. The van der Waals surface area contributed by atoms with Gasteiger partial charge in [-0.05, 0) is 25.0 Å². The minimum Gasteiger partial charge on any atom is -0.363 e. The Morgan fingerprint density at radius 1 is 1.46 bits per heavy atom. The largest absolute Gasteiger partial charge is 0.363 e. The lowest BCUT2D eigenvalue weighted by Crippen LogP contribution is -2.49. The third-order valence-electron chi connectivity index (χ3n) is 4.11. The topological polar surface area (TPSA) is 43.8 Å². The summed E-state index contributed by atoms with van der Waals surface area (Å²) >= 11 is 2.09. The average molecular weight is 350 g/mol. The molecule has 0 bridgehead atoms. The molecule has 0 aromatic carbocycles. The minimum absolute atomic E-state index is 0.611. The lowest BCUT2D eigenvalue weighted by Gasteiger charge is -2.36. The predicted molar refractivity (Wildman–Crippen MR) is 106 cm³/mol. The van der Waals surface area contributed by atoms with Crippen LogP contribution in [0.2, 0.25) is 0 Å². The average Bonchev–Trinajstić information content (AvgIpc) is 2.59. The number of nitrogens with zero attached hydrogens (tertiary/aromatic N) is 4. The molecule has 134 valence electrons. The van der Waals surface area contributed by atoms with Crippen LogP contribution in [0.15, 0.2) is 23.2 Å². The molecule has 0 amide bonds. The molecule has 5 nitrogen and oxygen atoms in total. The van der Waals surface area contributed by atoms with Crippen LogP contribution in [0.1, 0.15) is 26.5 Å². The van der Waals surface area contributed by atoms with Crippen LogP contribution in [0.4, 0.5) is 5.82 Å². The highest BCUT2D eigenvalue weighted by atomic mass is 32.2. The van der Waals surface area contributed by atoms with Crippen LogP contribution in [0.5, 0.6) is 0 Å². The van der Waals surface area contributed by atoms with Crippen molar-refractivity contribution in [2.45, 2.75) is 32.6 Å². The van der Waals surface area contributed by atoms with Gasteiger partial charge in [-0.15, -0.1) is 0 Å². The van der Waals surface area contributed by atoms with Gasteiger partial charge in [0.1, 0.15) is 5.82 Å². The van der Waals surface area contributed by atoms with Crippen LogP contribution in [0.25, 0.3) is 0 Å². The van der Waals surface area contributed by atoms with Gasteiger partial charge in [0.25, 0.3) is 0 Å². The molecule has 6 heteroatoms. The van der Waals surface area contributed by atoms with Gasteiger partial charge in [0.2, 0.25) is 0 Å². The third-order valence-corrected chi connectivity index (χ3v) is 5.65. The van der Waals surface area contributed by atoms with E-state index in [4.69, 9.17) is 4.99 Å². The Hall–Kier alpha value is -1.43. The van der Waals surface area contributed by atoms with E-state index >= 15 is 0 Å². The van der Waals surface area contributed by atoms with Crippen LogP contribution < -0.4 is 10.2 Å². The molecule has 0 radical (unpaired) electrons. The monoisotopic (exact) mass is 349 g/mol. The van der Waals surface area contributed by atoms with Crippen molar-refractivity contribution in [2.75, 3.05) is 44.4 Å². The summed E-state index contributed by atoms with van der Waals surface area (Å²) in [4.78, 5) is 13.9. The van der Waals surface area contributed by atoms with Crippen LogP contribution in [-0.2, 0) is 6.54 Å². The van der Waals surface area contributed by atoms with Crippen molar-refractivity contribution in [3.63, 3.8) is 0 Å². The molecule has 1 aromatic rings. The zero-order valence-corrected chi connectivity index (χ0v) is 16.4. The van der Waals surface area contributed by atoms with Gasteiger partial charge in [-0.2, -0.15) is 11.8 Å². The number of anilines is 1. The summed E-state index contributed by atoms with van der Waals surface area (Å²) in [7, 11) is 4.02. The first kappa shape index (κ1) is 18.9. The van der Waals surface area contributed by atoms with Gasteiger partial charge in [0.15, 0.2) is 5.96 Å². The van der Waals surface area contributed by atoms with Crippen LogP contribution in [0, 0.1) is 5.92 Å². The molecule has 1 unspecified atom stereocenters. The van der Waals surface area contributed by atoms with E-state index in [9.17, 15) is 0 Å². The summed E-state index contributed by atoms with van der Waals surface area (Å²) < 4.78 is 0. The lowest BCUT2D eigenvalue weighted by atomic mass is 10.1. The summed E-state index contributed by atoms with van der Waals surface area (Å²) in [5.74, 6) is 3.85. The van der Waals surface area contributed by atoms with Crippen molar-refractivity contribution in [3.05, 3.63) is 23.9 Å². The second kappa shape index (κ2) is 9.16. The molecule has 1 aromatic heterocycles. The number of aliphatic imine (C=N–C) groups is 1. The van der Waals surface area contributed by atoms with Gasteiger partial charge >= 0.3 is 0 Å². The maximum atomic E-state index is 4.84. The van der Waals surface area contributed by atoms with Gasteiger partial charge in [0, 0.05) is 44.7 Å². The van der Waals surface area contributed by atoms with Crippen LogP contribution >= 0.6 is 11.8 Å². The number of guanidine groups is 1. The Bertz CT molecular complexity index is 544. The van der Waals surface area contributed by atoms with E-state index in [1.807, 2.05) is 37.2 Å². The van der Waals surface area contributed by atoms with Gasteiger partial charge in [-0.1, -0.05) is 19.9 Å². The highest BCUT2D eigenvalue weighted by molar-refractivity contribution is 8.00. The molecule has 1 saturated heterocycles. The molecular weight excluding hydrogens is 318 g/mol. The zero-order valence-electron chi connectivity index (χ0n) is 15.6. The summed E-state index contributed by atoms with van der Waals surface area (Å²) in [6, 6.07) is 6.11. The standard InChI is InChI=1S/C18H31N5S/c1-6-19-18(23-10-11-24-16(13-23)14(2)3)20-12-15-8-7-9-17(21-15)22(4)5/h7-9,14,16H,6,10-13H2,1-5H3,(H,19,20). The SMILES string of the molecule is CCNC(=NCc1cccc(N(C)C)n1)N1CCSC(C(C)C)C1. The molecule has 1 N–H and O–H groups in total. The van der Waals surface area contributed by atoms with E-state index < -0.39 is 0 Å². The van der Waals surface area contributed by atoms with Crippen molar-refractivity contribution >= 4 is 23.5 Å². The number of hydrogen-bond acceptors (Lipinski definition) is 4. The first-order valence-corrected chi connectivity index (χ1v) is 9.84. The molecule has 0 aliphatic carbocycles. The molecule has 0 saturated carbocycles. The van der Waals surface area contributed by atoms with E-state index in [1.54, 1.807) is 0 Å². The number of rotatable bonds is 5. The summed E-state index contributed by atoms with van der Waals surface area (Å²) in [5, 5.41) is 4.13. The van der Waals surface area contributed by atoms with E-state index in [-0.39, 0.29) is 0 Å². The number of nitrogens with one attached hydrogen (secondary N) is 1. The normalized spacial score (nSPS) is 18.8. The lowest BCUT2D eigenvalue weighted by molar-refractivity contribution is 0.380. The minimum atomic E-state index is 0.611. The van der Waals surface area contributed by atoms with Crippen molar-refractivity contribution in [1.82, 2.24) is 15.2 Å². The second-order valence-corrected chi connectivity index (χ2v) is 8.00. The van der Waals surface area contributed by atoms with Crippen molar-refractivity contribution < 1.29 is 0 Å². The molecular formula is C18H31N5S. The summed E-state index contributed by atoms with van der Waals surface area (Å²) in [5.41, 5.74) is 1.00. The molecule has 2 rings (SSSR count).